The van der Waals surface area contributed by atoms with Gasteiger partial charge in [0, 0.05) is 23.5 Å². The topological polar surface area (TPSA) is 115 Å². The summed E-state index contributed by atoms with van der Waals surface area (Å²) in [6.07, 6.45) is 1.36. The molecular weight excluding hydrogens is 361 g/mol. The van der Waals surface area contributed by atoms with Crippen molar-refractivity contribution in [2.45, 2.75) is 26.3 Å². The summed E-state index contributed by atoms with van der Waals surface area (Å²) in [6, 6.07) is 4.74. The van der Waals surface area contributed by atoms with E-state index in [1.54, 1.807) is 29.9 Å². The predicted octanol–water partition coefficient (Wildman–Crippen LogP) is 2.81. The van der Waals surface area contributed by atoms with Crippen LogP contribution in [0.15, 0.2) is 24.5 Å². The van der Waals surface area contributed by atoms with Crippen LogP contribution < -0.4 is 11.1 Å². The molecule has 9 heteroatoms. The molecule has 4 aromatic rings. The Kier molecular flexibility index (Phi) is 3.84. The molecule has 0 aliphatic rings. The van der Waals surface area contributed by atoms with E-state index in [1.165, 1.54) is 6.33 Å². The molecule has 8 nitrogen and oxygen atoms in total. The average molecular weight is 381 g/mol. The van der Waals surface area contributed by atoms with Gasteiger partial charge in [0.25, 0.3) is 5.91 Å². The molecule has 3 heterocycles. The third kappa shape index (κ3) is 2.58. The van der Waals surface area contributed by atoms with Crippen molar-refractivity contribution in [3.05, 3.63) is 35.9 Å². The zero-order valence-corrected chi connectivity index (χ0v) is 16.0. The van der Waals surface area contributed by atoms with Gasteiger partial charge in [0.2, 0.25) is 0 Å². The number of amides is 1. The third-order valence-electron chi connectivity index (χ3n) is 4.59. The zero-order valence-electron chi connectivity index (χ0n) is 16.0. The summed E-state index contributed by atoms with van der Waals surface area (Å²) in [7, 11) is 1.54. The first-order valence-electron chi connectivity index (χ1n) is 8.75. The minimum Gasteiger partial charge on any atom is -0.383 e. The van der Waals surface area contributed by atoms with Crippen LogP contribution in [0.25, 0.3) is 33.3 Å². The van der Waals surface area contributed by atoms with Crippen LogP contribution in [0.3, 0.4) is 0 Å². The summed E-state index contributed by atoms with van der Waals surface area (Å²) in [5.74, 6) is -0.500. The van der Waals surface area contributed by atoms with Gasteiger partial charge in [-0.05, 0) is 39.0 Å². The van der Waals surface area contributed by atoms with Gasteiger partial charge in [0.1, 0.15) is 23.5 Å². The Bertz CT molecular complexity index is 1230. The number of rotatable bonds is 2. The Balaban J connectivity index is 2.02. The molecule has 1 amide bonds. The van der Waals surface area contributed by atoms with E-state index < -0.39 is 11.4 Å². The molecule has 0 atom stereocenters. The lowest BCUT2D eigenvalue weighted by Gasteiger charge is -2.19. The molecule has 0 saturated carbocycles. The Morgan fingerprint density at radius 3 is 2.71 bits per heavy atom. The SMILES string of the molecule is CNC(=O)c1ccc2c(F)c(-c3nn(C(C)(C)C)c4ncnc(N)c34)[nH]c2c1. The van der Waals surface area contributed by atoms with Crippen molar-refractivity contribution in [2.24, 2.45) is 0 Å². The molecule has 0 aliphatic carbocycles. The number of aromatic nitrogens is 5. The second-order valence-electron chi connectivity index (χ2n) is 7.54. The quantitative estimate of drug-likeness (QED) is 0.494. The molecule has 4 N–H and O–H groups in total. The number of halogens is 1. The van der Waals surface area contributed by atoms with Crippen LogP contribution in [-0.2, 0) is 5.54 Å². The highest BCUT2D eigenvalue weighted by Gasteiger charge is 2.27. The highest BCUT2D eigenvalue weighted by Crippen LogP contribution is 2.36. The molecule has 144 valence electrons. The van der Waals surface area contributed by atoms with Gasteiger partial charge in [0.05, 0.1) is 10.9 Å². The van der Waals surface area contributed by atoms with Gasteiger partial charge >= 0.3 is 0 Å². The van der Waals surface area contributed by atoms with Crippen molar-refractivity contribution in [3.63, 3.8) is 0 Å². The van der Waals surface area contributed by atoms with Crippen LogP contribution in [0.1, 0.15) is 31.1 Å². The van der Waals surface area contributed by atoms with Crippen molar-refractivity contribution in [1.82, 2.24) is 30.0 Å². The number of benzene rings is 1. The van der Waals surface area contributed by atoms with E-state index in [9.17, 15) is 4.79 Å². The van der Waals surface area contributed by atoms with Crippen molar-refractivity contribution >= 4 is 33.7 Å². The van der Waals surface area contributed by atoms with E-state index >= 15 is 4.39 Å². The molecule has 0 unspecified atom stereocenters. The Hall–Kier alpha value is -3.49. The summed E-state index contributed by atoms with van der Waals surface area (Å²) >= 11 is 0. The largest absolute Gasteiger partial charge is 0.383 e. The minimum atomic E-state index is -0.470. The first kappa shape index (κ1) is 17.9. The number of hydrogen-bond acceptors (Lipinski definition) is 5. The van der Waals surface area contributed by atoms with Crippen molar-refractivity contribution < 1.29 is 9.18 Å². The molecule has 0 radical (unpaired) electrons. The van der Waals surface area contributed by atoms with Gasteiger partial charge in [-0.25, -0.2) is 19.0 Å². The van der Waals surface area contributed by atoms with Crippen molar-refractivity contribution in [3.8, 4) is 11.4 Å². The second-order valence-corrected chi connectivity index (χ2v) is 7.54. The molecule has 0 fully saturated rings. The number of aromatic amines is 1. The lowest BCUT2D eigenvalue weighted by atomic mass is 10.1. The summed E-state index contributed by atoms with van der Waals surface area (Å²) < 4.78 is 16.9. The van der Waals surface area contributed by atoms with Crippen LogP contribution in [0.5, 0.6) is 0 Å². The van der Waals surface area contributed by atoms with Gasteiger partial charge in [0.15, 0.2) is 11.5 Å². The van der Waals surface area contributed by atoms with Crippen LogP contribution >= 0.6 is 0 Å². The molecule has 0 saturated heterocycles. The van der Waals surface area contributed by atoms with E-state index in [4.69, 9.17) is 5.73 Å². The number of nitrogens with zero attached hydrogens (tertiary/aromatic N) is 4. The third-order valence-corrected chi connectivity index (χ3v) is 4.59. The molecule has 4 rings (SSSR count). The van der Waals surface area contributed by atoms with E-state index in [0.717, 1.165) is 0 Å². The standard InChI is InChI=1S/C19H20FN7O/c1-19(2,3)27-17-12(16(21)23-8-24-17)14(26-27)15-13(20)10-6-5-9(18(28)22-4)7-11(10)25-15/h5-8,25H,1-4H3,(H,22,28)(H2,21,23,24). The van der Waals surface area contributed by atoms with Gasteiger partial charge in [-0.3, -0.25) is 4.79 Å². The lowest BCUT2D eigenvalue weighted by molar-refractivity contribution is 0.0963. The van der Waals surface area contributed by atoms with Crippen molar-refractivity contribution in [2.75, 3.05) is 12.8 Å². The van der Waals surface area contributed by atoms with Crippen LogP contribution in [0.4, 0.5) is 10.2 Å². The summed E-state index contributed by atoms with van der Waals surface area (Å²) in [4.78, 5) is 23.3. The molecule has 28 heavy (non-hydrogen) atoms. The van der Waals surface area contributed by atoms with Gasteiger partial charge in [-0.1, -0.05) is 0 Å². The predicted molar refractivity (Wildman–Crippen MR) is 105 cm³/mol. The fourth-order valence-electron chi connectivity index (χ4n) is 3.23. The lowest BCUT2D eigenvalue weighted by Crippen LogP contribution is -2.23. The maximum Gasteiger partial charge on any atom is 0.251 e. The Morgan fingerprint density at radius 2 is 2.04 bits per heavy atom. The van der Waals surface area contributed by atoms with Crippen LogP contribution in [0, 0.1) is 5.82 Å². The first-order valence-corrected chi connectivity index (χ1v) is 8.75. The van der Waals surface area contributed by atoms with Gasteiger partial charge in [-0.2, -0.15) is 5.10 Å². The Labute approximate surface area is 160 Å². The van der Waals surface area contributed by atoms with Gasteiger partial charge < -0.3 is 16.0 Å². The van der Waals surface area contributed by atoms with E-state index in [1.807, 2.05) is 20.8 Å². The normalized spacial score (nSPS) is 12.0. The number of carbonyl (C=O) groups excluding carboxylic acids is 1. The highest BCUT2D eigenvalue weighted by molar-refractivity contribution is 6.02. The fraction of sp³-hybridized carbons (Fsp3) is 0.263. The molecule has 1 aromatic carbocycles. The molecular formula is C19H20FN7O. The number of fused-ring (bicyclic) bond motifs is 2. The number of nitrogens with one attached hydrogen (secondary N) is 2. The molecule has 0 spiro atoms. The number of nitrogen functional groups attached to an aromatic ring is 1. The number of anilines is 1. The monoisotopic (exact) mass is 381 g/mol. The molecule has 0 aliphatic heterocycles. The van der Waals surface area contributed by atoms with Crippen LogP contribution in [-0.4, -0.2) is 37.7 Å². The van der Waals surface area contributed by atoms with Gasteiger partial charge in [-0.15, -0.1) is 0 Å². The molecule has 3 aromatic heterocycles. The summed E-state index contributed by atoms with van der Waals surface area (Å²) in [6.45, 7) is 5.91. The Morgan fingerprint density at radius 1 is 1.29 bits per heavy atom. The average Bonchev–Trinajstić information content (AvgIpc) is 3.20. The summed E-state index contributed by atoms with van der Waals surface area (Å²) in [5, 5.41) is 8.00. The highest BCUT2D eigenvalue weighted by atomic mass is 19.1. The number of carbonyl (C=O) groups is 1. The number of nitrogens with two attached hydrogens (primary N) is 1. The van der Waals surface area contributed by atoms with Crippen molar-refractivity contribution in [1.29, 1.82) is 0 Å². The maximum absolute atomic E-state index is 15.2. The first-order chi connectivity index (χ1) is 13.2. The van der Waals surface area contributed by atoms with Crippen LogP contribution in [0.2, 0.25) is 0 Å². The minimum absolute atomic E-state index is 0.179. The van der Waals surface area contributed by atoms with E-state index in [2.05, 4.69) is 25.4 Å². The second kappa shape index (κ2) is 6.01. The fourth-order valence-corrected chi connectivity index (χ4v) is 3.23. The van der Waals surface area contributed by atoms with E-state index in [0.29, 0.717) is 33.2 Å². The maximum atomic E-state index is 15.2. The number of H-pyrrole nitrogens is 1. The number of hydrogen-bond donors (Lipinski definition) is 3. The van der Waals surface area contributed by atoms with E-state index in [-0.39, 0.29) is 17.4 Å². The summed E-state index contributed by atoms with van der Waals surface area (Å²) in [5.41, 5.74) is 7.64. The molecule has 0 bridgehead atoms. The smallest absolute Gasteiger partial charge is 0.251 e. The zero-order chi connectivity index (χ0) is 20.2.